The quantitative estimate of drug-likeness (QED) is 0.645. The second kappa shape index (κ2) is 8.07. The lowest BCUT2D eigenvalue weighted by molar-refractivity contribution is 0.219. The van der Waals surface area contributed by atoms with Gasteiger partial charge in [0.25, 0.3) is 0 Å². The first-order valence-corrected chi connectivity index (χ1v) is 9.54. The molecule has 0 radical (unpaired) electrons. The molecule has 0 spiro atoms. The van der Waals surface area contributed by atoms with Crippen LogP contribution in [0.1, 0.15) is 29.3 Å². The van der Waals surface area contributed by atoms with Crippen LogP contribution in [-0.2, 0) is 13.1 Å². The fourth-order valence-electron chi connectivity index (χ4n) is 4.06. The van der Waals surface area contributed by atoms with Gasteiger partial charge in [-0.2, -0.15) is 0 Å². The van der Waals surface area contributed by atoms with E-state index in [-0.39, 0.29) is 11.9 Å². The monoisotopic (exact) mass is 380 g/mol. The van der Waals surface area contributed by atoms with Crippen molar-refractivity contribution in [3.05, 3.63) is 83.4 Å². The van der Waals surface area contributed by atoms with Gasteiger partial charge in [-0.1, -0.05) is 12.1 Å². The molecule has 0 fully saturated rings. The van der Waals surface area contributed by atoms with E-state index in [1.807, 2.05) is 24.3 Å². The first-order chi connectivity index (χ1) is 13.7. The van der Waals surface area contributed by atoms with Crippen molar-refractivity contribution < 1.29 is 13.9 Å². The largest absolute Gasteiger partial charge is 0.497 e. The third-order valence-corrected chi connectivity index (χ3v) is 5.32. The predicted octanol–water partition coefficient (Wildman–Crippen LogP) is 4.64. The molecule has 1 atom stereocenters. The van der Waals surface area contributed by atoms with Crippen molar-refractivity contribution in [2.75, 3.05) is 20.8 Å². The van der Waals surface area contributed by atoms with Gasteiger partial charge in [-0.3, -0.25) is 4.90 Å². The molecule has 1 aliphatic rings. The Morgan fingerprint density at radius 2 is 1.75 bits per heavy atom. The van der Waals surface area contributed by atoms with Gasteiger partial charge in [-0.15, -0.1) is 0 Å². The number of methoxy groups -OCH3 is 2. The Kier molecular flexibility index (Phi) is 5.35. The van der Waals surface area contributed by atoms with E-state index in [0.29, 0.717) is 0 Å². The maximum Gasteiger partial charge on any atom is 0.123 e. The summed E-state index contributed by atoms with van der Waals surface area (Å²) >= 11 is 0. The molecule has 0 N–H and O–H groups in total. The highest BCUT2D eigenvalue weighted by Gasteiger charge is 2.27. The zero-order valence-electron chi connectivity index (χ0n) is 16.3. The van der Waals surface area contributed by atoms with Crippen LogP contribution in [0.25, 0.3) is 0 Å². The minimum atomic E-state index is -0.206. The standard InChI is InChI=1S/C23H25FN2O2/c1-27-20-12-17(13-21(15-20)28-2)16-26-11-5-10-25-9-4-8-22(25)23(26)18-6-3-7-19(24)14-18/h3-4,6-9,12-15,23H,5,10-11,16H2,1-2H3/t23-/m1/s1. The van der Waals surface area contributed by atoms with Crippen molar-refractivity contribution in [2.45, 2.75) is 25.6 Å². The number of aryl methyl sites for hydroxylation is 1. The average Bonchev–Trinajstić information content (AvgIpc) is 3.09. The molecule has 2 heterocycles. The van der Waals surface area contributed by atoms with E-state index in [1.165, 1.54) is 11.8 Å². The van der Waals surface area contributed by atoms with Crippen molar-refractivity contribution in [2.24, 2.45) is 0 Å². The molecule has 3 aromatic rings. The van der Waals surface area contributed by atoms with Crippen molar-refractivity contribution in [3.63, 3.8) is 0 Å². The highest BCUT2D eigenvalue weighted by molar-refractivity contribution is 5.39. The fourth-order valence-corrected chi connectivity index (χ4v) is 4.06. The molecule has 146 valence electrons. The Labute approximate surface area is 165 Å². The summed E-state index contributed by atoms with van der Waals surface area (Å²) in [5.41, 5.74) is 3.27. The zero-order chi connectivity index (χ0) is 19.5. The Hall–Kier alpha value is -2.79. The minimum Gasteiger partial charge on any atom is -0.497 e. The summed E-state index contributed by atoms with van der Waals surface area (Å²) in [6.45, 7) is 2.61. The van der Waals surface area contributed by atoms with Crippen LogP contribution in [0.2, 0.25) is 0 Å². The van der Waals surface area contributed by atoms with Gasteiger partial charge in [-0.25, -0.2) is 4.39 Å². The van der Waals surface area contributed by atoms with Gasteiger partial charge < -0.3 is 14.0 Å². The molecule has 0 aliphatic carbocycles. The molecule has 4 nitrogen and oxygen atoms in total. The number of nitrogens with zero attached hydrogens (tertiary/aromatic N) is 2. The summed E-state index contributed by atoms with van der Waals surface area (Å²) in [5.74, 6) is 1.34. The third kappa shape index (κ3) is 3.76. The van der Waals surface area contributed by atoms with E-state index in [0.717, 1.165) is 48.7 Å². The SMILES string of the molecule is COc1cc(CN2CCCn3cccc3[C@H]2c2cccc(F)c2)cc(OC)c1. The summed E-state index contributed by atoms with van der Waals surface area (Å²) < 4.78 is 27.2. The molecule has 0 saturated heterocycles. The lowest BCUT2D eigenvalue weighted by atomic mass is 10.0. The third-order valence-electron chi connectivity index (χ3n) is 5.32. The van der Waals surface area contributed by atoms with E-state index in [2.05, 4.69) is 27.8 Å². The van der Waals surface area contributed by atoms with Crippen LogP contribution in [0.3, 0.4) is 0 Å². The second-order valence-electron chi connectivity index (χ2n) is 7.13. The zero-order valence-corrected chi connectivity index (χ0v) is 16.3. The molecule has 28 heavy (non-hydrogen) atoms. The normalized spacial score (nSPS) is 17.0. The first-order valence-electron chi connectivity index (χ1n) is 9.54. The van der Waals surface area contributed by atoms with Gasteiger partial charge in [-0.05, 0) is 53.9 Å². The molecule has 4 rings (SSSR count). The minimum absolute atomic E-state index is 0.00889. The van der Waals surface area contributed by atoms with Crippen molar-refractivity contribution in [1.82, 2.24) is 9.47 Å². The van der Waals surface area contributed by atoms with E-state index < -0.39 is 0 Å². The van der Waals surface area contributed by atoms with Crippen LogP contribution in [-0.4, -0.2) is 30.2 Å². The van der Waals surface area contributed by atoms with E-state index in [4.69, 9.17) is 9.47 Å². The molecule has 5 heteroatoms. The molecule has 1 aliphatic heterocycles. The number of fused-ring (bicyclic) bond motifs is 1. The van der Waals surface area contributed by atoms with Crippen LogP contribution in [0.4, 0.5) is 4.39 Å². The first kappa shape index (κ1) is 18.6. The van der Waals surface area contributed by atoms with Crippen LogP contribution < -0.4 is 9.47 Å². The molecule has 0 amide bonds. The van der Waals surface area contributed by atoms with Crippen LogP contribution in [0.5, 0.6) is 11.5 Å². The summed E-state index contributed by atoms with van der Waals surface area (Å²) in [5, 5.41) is 0. The molecule has 0 bridgehead atoms. The Morgan fingerprint density at radius 1 is 0.964 bits per heavy atom. The van der Waals surface area contributed by atoms with E-state index in [9.17, 15) is 4.39 Å². The number of rotatable bonds is 5. The summed E-state index contributed by atoms with van der Waals surface area (Å²) in [6.07, 6.45) is 3.15. The number of hydrogen-bond donors (Lipinski definition) is 0. The summed E-state index contributed by atoms with van der Waals surface area (Å²) in [4.78, 5) is 2.40. The Balaban J connectivity index is 1.74. The Bertz CT molecular complexity index is 931. The molecule has 2 aromatic carbocycles. The van der Waals surface area contributed by atoms with Gasteiger partial charge in [0, 0.05) is 37.6 Å². The smallest absolute Gasteiger partial charge is 0.123 e. The Morgan fingerprint density at radius 3 is 2.46 bits per heavy atom. The summed E-state index contributed by atoms with van der Waals surface area (Å²) in [7, 11) is 3.32. The topological polar surface area (TPSA) is 26.6 Å². The molecule has 0 unspecified atom stereocenters. The van der Waals surface area contributed by atoms with Crippen molar-refractivity contribution in [3.8, 4) is 11.5 Å². The van der Waals surface area contributed by atoms with Gasteiger partial charge >= 0.3 is 0 Å². The fraction of sp³-hybridized carbons (Fsp3) is 0.304. The number of benzene rings is 2. The number of halogens is 1. The van der Waals surface area contributed by atoms with Crippen LogP contribution in [0.15, 0.2) is 60.8 Å². The lowest BCUT2D eigenvalue weighted by Gasteiger charge is -2.31. The van der Waals surface area contributed by atoms with Crippen LogP contribution >= 0.6 is 0 Å². The van der Waals surface area contributed by atoms with Gasteiger partial charge in [0.2, 0.25) is 0 Å². The molecular formula is C23H25FN2O2. The highest BCUT2D eigenvalue weighted by Crippen LogP contribution is 2.34. The lowest BCUT2D eigenvalue weighted by Crippen LogP contribution is -2.29. The van der Waals surface area contributed by atoms with Crippen LogP contribution in [0, 0.1) is 5.82 Å². The predicted molar refractivity (Wildman–Crippen MR) is 107 cm³/mol. The van der Waals surface area contributed by atoms with Gasteiger partial charge in [0.05, 0.1) is 20.3 Å². The average molecular weight is 380 g/mol. The maximum atomic E-state index is 14.0. The molecular weight excluding hydrogens is 355 g/mol. The number of hydrogen-bond acceptors (Lipinski definition) is 3. The van der Waals surface area contributed by atoms with Crippen molar-refractivity contribution >= 4 is 0 Å². The number of aromatic nitrogens is 1. The molecule has 0 saturated carbocycles. The second-order valence-corrected chi connectivity index (χ2v) is 7.13. The van der Waals surface area contributed by atoms with Crippen molar-refractivity contribution in [1.29, 1.82) is 0 Å². The van der Waals surface area contributed by atoms with E-state index >= 15 is 0 Å². The molecule has 1 aromatic heterocycles. The summed E-state index contributed by atoms with van der Waals surface area (Å²) in [6, 6.07) is 17.1. The highest BCUT2D eigenvalue weighted by atomic mass is 19.1. The number of ether oxygens (including phenoxy) is 2. The van der Waals surface area contributed by atoms with Gasteiger partial charge in [0.1, 0.15) is 17.3 Å². The van der Waals surface area contributed by atoms with Gasteiger partial charge in [0.15, 0.2) is 0 Å². The van der Waals surface area contributed by atoms with E-state index in [1.54, 1.807) is 26.4 Å². The maximum absolute atomic E-state index is 14.0.